The molecule has 0 aliphatic carbocycles. The summed E-state index contributed by atoms with van der Waals surface area (Å²) in [6.45, 7) is 6.39. The molecule has 1 N–H and O–H groups in total. The van der Waals surface area contributed by atoms with Crippen molar-refractivity contribution in [3.63, 3.8) is 0 Å². The molecule has 7 heteroatoms. The molecule has 1 unspecified atom stereocenters. The Labute approximate surface area is 211 Å². The van der Waals surface area contributed by atoms with Crippen molar-refractivity contribution in [2.75, 3.05) is 46.5 Å². The topological polar surface area (TPSA) is 65.1 Å². The molecule has 3 aromatic rings. The number of imide groups is 1. The molecule has 186 valence electrons. The Kier molecular flexibility index (Phi) is 6.76. The van der Waals surface area contributed by atoms with Crippen LogP contribution >= 0.6 is 0 Å². The normalized spacial score (nSPS) is 21.4. The van der Waals surface area contributed by atoms with Gasteiger partial charge in [-0.3, -0.25) is 14.6 Å². The second-order valence-corrected chi connectivity index (χ2v) is 9.59. The summed E-state index contributed by atoms with van der Waals surface area (Å²) in [4.78, 5) is 32.2. The van der Waals surface area contributed by atoms with E-state index in [9.17, 15) is 9.59 Å². The van der Waals surface area contributed by atoms with Gasteiger partial charge in [-0.2, -0.15) is 0 Å². The first-order valence-corrected chi connectivity index (χ1v) is 12.3. The molecule has 5 rings (SSSR count). The number of carbonyl (C=O) groups is 2. The van der Waals surface area contributed by atoms with Crippen LogP contribution in [-0.2, 0) is 10.3 Å². The third kappa shape index (κ3) is 4.85. The smallest absolute Gasteiger partial charge is 0.326 e. The van der Waals surface area contributed by atoms with Gasteiger partial charge in [0.2, 0.25) is 0 Å². The monoisotopic (exact) mass is 484 g/mol. The molecule has 2 fully saturated rings. The maximum atomic E-state index is 13.5. The van der Waals surface area contributed by atoms with E-state index >= 15 is 0 Å². The van der Waals surface area contributed by atoms with Crippen molar-refractivity contribution in [3.05, 3.63) is 83.9 Å². The van der Waals surface area contributed by atoms with E-state index in [4.69, 9.17) is 4.74 Å². The lowest BCUT2D eigenvalue weighted by Gasteiger charge is -2.35. The summed E-state index contributed by atoms with van der Waals surface area (Å²) in [5.74, 6) is 0.568. The van der Waals surface area contributed by atoms with Crippen LogP contribution in [0.15, 0.2) is 72.8 Å². The summed E-state index contributed by atoms with van der Waals surface area (Å²) in [6, 6.07) is 21.6. The quantitative estimate of drug-likeness (QED) is 0.516. The third-order valence-electron chi connectivity index (χ3n) is 7.18. The Morgan fingerprint density at radius 1 is 0.917 bits per heavy atom. The molecule has 7 nitrogen and oxygen atoms in total. The fraction of sp³-hybridized carbons (Fsp3) is 0.310. The molecular formula is C29H32N4O3. The van der Waals surface area contributed by atoms with Crippen molar-refractivity contribution in [2.45, 2.75) is 12.5 Å². The van der Waals surface area contributed by atoms with Gasteiger partial charge in [-0.25, -0.2) is 9.69 Å². The molecule has 36 heavy (non-hydrogen) atoms. The molecule has 2 saturated heterocycles. The molecule has 2 heterocycles. The van der Waals surface area contributed by atoms with Gasteiger partial charge < -0.3 is 10.1 Å². The highest BCUT2D eigenvalue weighted by atomic mass is 16.5. The van der Waals surface area contributed by atoms with Gasteiger partial charge in [0.05, 0.1) is 13.8 Å². The minimum Gasteiger partial charge on any atom is -0.497 e. The number of urea groups is 1. The van der Waals surface area contributed by atoms with Crippen LogP contribution in [0.25, 0.3) is 16.8 Å². The van der Waals surface area contributed by atoms with Crippen LogP contribution in [0.2, 0.25) is 0 Å². The Balaban J connectivity index is 1.19. The predicted octanol–water partition coefficient (Wildman–Crippen LogP) is 3.90. The number of hydrogen-bond acceptors (Lipinski definition) is 5. The maximum Gasteiger partial charge on any atom is 0.326 e. The van der Waals surface area contributed by atoms with E-state index in [0.717, 1.165) is 54.8 Å². The Morgan fingerprint density at radius 3 is 2.36 bits per heavy atom. The highest BCUT2D eigenvalue weighted by molar-refractivity contribution is 6.07. The summed E-state index contributed by atoms with van der Waals surface area (Å²) < 4.78 is 5.30. The molecule has 3 aromatic carbocycles. The SMILES string of the molecule is COc1ccc2cc(C3(C)NC(=O)N(CN4CCN(C/C=C/c5ccccc5)CC4)C3=O)ccc2c1. The third-order valence-corrected chi connectivity index (χ3v) is 7.18. The number of carbonyl (C=O) groups excluding carboxylic acids is 2. The van der Waals surface area contributed by atoms with Crippen LogP contribution in [-0.4, -0.2) is 73.1 Å². The first-order valence-electron chi connectivity index (χ1n) is 12.3. The zero-order valence-corrected chi connectivity index (χ0v) is 20.8. The van der Waals surface area contributed by atoms with E-state index in [2.05, 4.69) is 39.4 Å². The van der Waals surface area contributed by atoms with Gasteiger partial charge in [-0.1, -0.05) is 60.7 Å². The molecule has 1 atom stereocenters. The number of piperazine rings is 1. The van der Waals surface area contributed by atoms with Crippen LogP contribution in [0.4, 0.5) is 4.79 Å². The van der Waals surface area contributed by atoms with Crippen LogP contribution in [0.3, 0.4) is 0 Å². The fourth-order valence-electron chi connectivity index (χ4n) is 4.90. The summed E-state index contributed by atoms with van der Waals surface area (Å²) >= 11 is 0. The first-order chi connectivity index (χ1) is 17.5. The van der Waals surface area contributed by atoms with Crippen molar-refractivity contribution in [2.24, 2.45) is 0 Å². The standard InChI is InChI=1S/C29H32N4O3/c1-29(25-12-10-24-20-26(36-2)13-11-23(24)19-25)27(34)33(28(35)30-29)21-32-17-15-31(16-18-32)14-6-9-22-7-4-3-5-8-22/h3-13,19-20H,14-18,21H2,1-2H3,(H,30,35)/b9-6+. The number of ether oxygens (including phenoxy) is 1. The number of nitrogens with zero attached hydrogens (tertiary/aromatic N) is 3. The highest BCUT2D eigenvalue weighted by Gasteiger charge is 2.49. The molecule has 0 saturated carbocycles. The Hall–Kier alpha value is -3.68. The van der Waals surface area contributed by atoms with E-state index in [1.165, 1.54) is 10.5 Å². The van der Waals surface area contributed by atoms with E-state index in [1.807, 2.05) is 54.6 Å². The van der Waals surface area contributed by atoms with Gasteiger partial charge in [-0.15, -0.1) is 0 Å². The van der Waals surface area contributed by atoms with Gasteiger partial charge in [0.25, 0.3) is 5.91 Å². The largest absolute Gasteiger partial charge is 0.497 e. The fourth-order valence-corrected chi connectivity index (χ4v) is 4.90. The van der Waals surface area contributed by atoms with Gasteiger partial charge in [-0.05, 0) is 47.0 Å². The van der Waals surface area contributed by atoms with Gasteiger partial charge in [0.15, 0.2) is 0 Å². The first kappa shape index (κ1) is 24.0. The minimum absolute atomic E-state index is 0.214. The van der Waals surface area contributed by atoms with E-state index in [-0.39, 0.29) is 11.9 Å². The number of nitrogens with one attached hydrogen (secondary N) is 1. The van der Waals surface area contributed by atoms with Crippen molar-refractivity contribution >= 4 is 28.8 Å². The number of benzene rings is 3. The molecular weight excluding hydrogens is 452 g/mol. The van der Waals surface area contributed by atoms with Crippen molar-refractivity contribution in [1.82, 2.24) is 20.0 Å². The Morgan fingerprint density at radius 2 is 1.61 bits per heavy atom. The van der Waals surface area contributed by atoms with E-state index in [1.54, 1.807) is 14.0 Å². The lowest BCUT2D eigenvalue weighted by atomic mass is 9.90. The van der Waals surface area contributed by atoms with Crippen molar-refractivity contribution in [1.29, 1.82) is 0 Å². The van der Waals surface area contributed by atoms with Crippen molar-refractivity contribution in [3.8, 4) is 5.75 Å². The van der Waals surface area contributed by atoms with E-state index in [0.29, 0.717) is 6.67 Å². The van der Waals surface area contributed by atoms with E-state index < -0.39 is 5.54 Å². The maximum absolute atomic E-state index is 13.5. The number of hydrogen-bond donors (Lipinski definition) is 1. The van der Waals surface area contributed by atoms with Gasteiger partial charge in [0, 0.05) is 32.7 Å². The average Bonchev–Trinajstić information content (AvgIpc) is 3.13. The number of methoxy groups -OCH3 is 1. The second kappa shape index (κ2) is 10.1. The van der Waals surface area contributed by atoms with Gasteiger partial charge >= 0.3 is 6.03 Å². The number of fused-ring (bicyclic) bond motifs is 1. The van der Waals surface area contributed by atoms with Crippen molar-refractivity contribution < 1.29 is 14.3 Å². The molecule has 0 aromatic heterocycles. The number of rotatable bonds is 7. The van der Waals surface area contributed by atoms with Gasteiger partial charge in [0.1, 0.15) is 11.3 Å². The zero-order chi connectivity index (χ0) is 25.1. The summed E-state index contributed by atoms with van der Waals surface area (Å²) in [7, 11) is 1.64. The van der Waals surface area contributed by atoms with Crippen LogP contribution < -0.4 is 10.1 Å². The molecule has 3 amide bonds. The summed E-state index contributed by atoms with van der Waals surface area (Å²) in [5.41, 5.74) is 0.884. The molecule has 2 aliphatic heterocycles. The summed E-state index contributed by atoms with van der Waals surface area (Å²) in [5, 5.41) is 4.96. The minimum atomic E-state index is -1.09. The molecule has 0 spiro atoms. The lowest BCUT2D eigenvalue weighted by molar-refractivity contribution is -0.132. The molecule has 0 bridgehead atoms. The van der Waals surface area contributed by atoms with Crippen LogP contribution in [0, 0.1) is 0 Å². The summed E-state index contributed by atoms with van der Waals surface area (Å²) in [6.07, 6.45) is 4.33. The average molecular weight is 485 g/mol. The van der Waals surface area contributed by atoms with Crippen LogP contribution in [0.5, 0.6) is 5.75 Å². The zero-order valence-electron chi connectivity index (χ0n) is 20.8. The van der Waals surface area contributed by atoms with Crippen LogP contribution in [0.1, 0.15) is 18.1 Å². The highest BCUT2D eigenvalue weighted by Crippen LogP contribution is 2.32. The lowest BCUT2D eigenvalue weighted by Crippen LogP contribution is -2.51. The molecule has 0 radical (unpaired) electrons. The molecule has 2 aliphatic rings. The predicted molar refractivity (Wildman–Crippen MR) is 142 cm³/mol. The second-order valence-electron chi connectivity index (χ2n) is 9.59. The Bertz CT molecular complexity index is 1280. The number of amides is 3.